The maximum absolute atomic E-state index is 11.8. The lowest BCUT2D eigenvalue weighted by Gasteiger charge is -2.26. The fourth-order valence-corrected chi connectivity index (χ4v) is 2.23. The van der Waals surface area contributed by atoms with Gasteiger partial charge in [0.25, 0.3) is 0 Å². The van der Waals surface area contributed by atoms with Crippen molar-refractivity contribution in [1.29, 1.82) is 0 Å². The number of carbonyl (C=O) groups is 2. The van der Waals surface area contributed by atoms with Crippen molar-refractivity contribution in [2.45, 2.75) is 38.3 Å². The monoisotopic (exact) mass is 264 g/mol. The van der Waals surface area contributed by atoms with Crippen LogP contribution in [0.25, 0.3) is 0 Å². The van der Waals surface area contributed by atoms with Gasteiger partial charge in [-0.2, -0.15) is 0 Å². The molecule has 0 aromatic carbocycles. The van der Waals surface area contributed by atoms with E-state index in [-0.39, 0.29) is 0 Å². The molecule has 0 aromatic rings. The second-order valence-electron chi connectivity index (χ2n) is 4.61. The quantitative estimate of drug-likeness (QED) is 0.568. The molecule has 0 aliphatic carbocycles. The molecule has 102 valence electrons. The molecule has 0 spiro atoms. The van der Waals surface area contributed by atoms with Crippen molar-refractivity contribution in [3.63, 3.8) is 0 Å². The third-order valence-electron chi connectivity index (χ3n) is 3.07. The molecule has 0 saturated carbocycles. The molecule has 0 unspecified atom stereocenters. The van der Waals surface area contributed by atoms with Gasteiger partial charge >= 0.3 is 11.9 Å². The Bertz CT molecular complexity index is 476. The predicted octanol–water partition coefficient (Wildman–Crippen LogP) is 1.30. The summed E-state index contributed by atoms with van der Waals surface area (Å²) in [5.74, 6) is -0.925. The molecule has 2 heterocycles. The van der Waals surface area contributed by atoms with Gasteiger partial charge in [-0.1, -0.05) is 12.7 Å². The van der Waals surface area contributed by atoms with Crippen molar-refractivity contribution in [3.05, 3.63) is 36.5 Å². The second kappa shape index (κ2) is 5.01. The lowest BCUT2D eigenvalue weighted by molar-refractivity contribution is -0.162. The average Bonchev–Trinajstić information content (AvgIpc) is 2.65. The number of hydrogen-bond donors (Lipinski definition) is 0. The van der Waals surface area contributed by atoms with E-state index in [0.717, 1.165) is 0 Å². The standard InChI is InChI=1S/C14H16O5/c1-5-10-12(17-8(4)15)13-11(18-10)6-9(7(2)3)14(16)19-13/h5-6,10-13H,1-2H2,3-4H3/t10-,11+,12+,13-/m1/s1. The van der Waals surface area contributed by atoms with Crippen LogP contribution in [0.4, 0.5) is 0 Å². The van der Waals surface area contributed by atoms with Crippen molar-refractivity contribution in [3.8, 4) is 0 Å². The van der Waals surface area contributed by atoms with Gasteiger partial charge in [0, 0.05) is 6.92 Å². The SMILES string of the molecule is C=C[C@H]1O[C@H]2C=C(C(=C)C)C(=O)O[C@H]2[C@H]1OC(C)=O. The molecule has 0 aromatic heterocycles. The van der Waals surface area contributed by atoms with Gasteiger partial charge in [-0.15, -0.1) is 6.58 Å². The van der Waals surface area contributed by atoms with E-state index >= 15 is 0 Å². The molecule has 0 bridgehead atoms. The lowest BCUT2D eigenvalue weighted by atomic mass is 9.99. The van der Waals surface area contributed by atoms with Crippen LogP contribution < -0.4 is 0 Å². The zero-order valence-corrected chi connectivity index (χ0v) is 10.9. The Morgan fingerprint density at radius 3 is 2.68 bits per heavy atom. The van der Waals surface area contributed by atoms with E-state index in [1.807, 2.05) is 0 Å². The fourth-order valence-electron chi connectivity index (χ4n) is 2.23. The minimum atomic E-state index is -0.660. The molecule has 2 aliphatic rings. The summed E-state index contributed by atoms with van der Waals surface area (Å²) in [5.41, 5.74) is 1.01. The maximum atomic E-state index is 11.8. The van der Waals surface area contributed by atoms with Gasteiger partial charge in [-0.25, -0.2) is 4.79 Å². The molecule has 0 N–H and O–H groups in total. The minimum absolute atomic E-state index is 0.396. The van der Waals surface area contributed by atoms with Crippen LogP contribution in [0.15, 0.2) is 36.5 Å². The third-order valence-corrected chi connectivity index (χ3v) is 3.07. The van der Waals surface area contributed by atoms with Crippen LogP contribution in [0.1, 0.15) is 13.8 Å². The van der Waals surface area contributed by atoms with Gasteiger partial charge in [-0.05, 0) is 18.6 Å². The Labute approximate surface area is 111 Å². The van der Waals surface area contributed by atoms with Crippen molar-refractivity contribution in [2.75, 3.05) is 0 Å². The number of rotatable bonds is 3. The Kier molecular flexibility index (Phi) is 3.57. The third kappa shape index (κ3) is 2.46. The van der Waals surface area contributed by atoms with Crippen LogP contribution in [-0.4, -0.2) is 36.4 Å². The van der Waals surface area contributed by atoms with Crippen LogP contribution in [0, 0.1) is 0 Å². The second-order valence-corrected chi connectivity index (χ2v) is 4.61. The van der Waals surface area contributed by atoms with Crippen LogP contribution in [0.3, 0.4) is 0 Å². The van der Waals surface area contributed by atoms with Gasteiger partial charge in [0.1, 0.15) is 12.2 Å². The molecule has 19 heavy (non-hydrogen) atoms. The Morgan fingerprint density at radius 2 is 2.16 bits per heavy atom. The number of ether oxygens (including phenoxy) is 3. The summed E-state index contributed by atoms with van der Waals surface area (Å²) in [4.78, 5) is 22.9. The molecule has 4 atom stereocenters. The molecule has 2 rings (SSSR count). The van der Waals surface area contributed by atoms with Gasteiger partial charge in [0.05, 0.1) is 5.57 Å². The van der Waals surface area contributed by atoms with Crippen molar-refractivity contribution < 1.29 is 23.8 Å². The molecule has 1 saturated heterocycles. The number of esters is 2. The van der Waals surface area contributed by atoms with E-state index in [2.05, 4.69) is 13.2 Å². The highest BCUT2D eigenvalue weighted by Crippen LogP contribution is 2.33. The molecule has 5 nitrogen and oxygen atoms in total. The Morgan fingerprint density at radius 1 is 1.47 bits per heavy atom. The number of fused-ring (bicyclic) bond motifs is 1. The first-order valence-corrected chi connectivity index (χ1v) is 5.98. The number of carbonyl (C=O) groups excluding carboxylic acids is 2. The zero-order valence-electron chi connectivity index (χ0n) is 10.9. The average molecular weight is 264 g/mol. The van der Waals surface area contributed by atoms with E-state index in [9.17, 15) is 9.59 Å². The van der Waals surface area contributed by atoms with E-state index < -0.39 is 36.4 Å². The highest BCUT2D eigenvalue weighted by molar-refractivity contribution is 5.94. The summed E-state index contributed by atoms with van der Waals surface area (Å²) in [6, 6.07) is 0. The summed E-state index contributed by atoms with van der Waals surface area (Å²) >= 11 is 0. The first-order valence-electron chi connectivity index (χ1n) is 5.98. The summed E-state index contributed by atoms with van der Waals surface area (Å²) in [6.07, 6.45) is 0.964. The minimum Gasteiger partial charge on any atom is -0.455 e. The highest BCUT2D eigenvalue weighted by atomic mass is 16.6. The molecular formula is C14H16O5. The van der Waals surface area contributed by atoms with Crippen LogP contribution in [-0.2, 0) is 23.8 Å². The smallest absolute Gasteiger partial charge is 0.338 e. The first kappa shape index (κ1) is 13.5. The summed E-state index contributed by atoms with van der Waals surface area (Å²) in [6.45, 7) is 10.4. The van der Waals surface area contributed by atoms with Crippen molar-refractivity contribution in [1.82, 2.24) is 0 Å². The maximum Gasteiger partial charge on any atom is 0.338 e. The highest BCUT2D eigenvalue weighted by Gasteiger charge is 2.49. The molecule has 5 heteroatoms. The molecule has 2 aliphatic heterocycles. The normalized spacial score (nSPS) is 32.9. The van der Waals surface area contributed by atoms with Crippen molar-refractivity contribution in [2.24, 2.45) is 0 Å². The van der Waals surface area contributed by atoms with Gasteiger partial charge in [-0.3, -0.25) is 4.79 Å². The van der Waals surface area contributed by atoms with Gasteiger partial charge < -0.3 is 14.2 Å². The van der Waals surface area contributed by atoms with E-state index in [0.29, 0.717) is 11.1 Å². The van der Waals surface area contributed by atoms with E-state index in [1.54, 1.807) is 13.0 Å². The predicted molar refractivity (Wildman–Crippen MR) is 67.2 cm³/mol. The fraction of sp³-hybridized carbons (Fsp3) is 0.429. The Hall–Kier alpha value is -1.88. The molecule has 0 amide bonds. The zero-order chi connectivity index (χ0) is 14.2. The van der Waals surface area contributed by atoms with Crippen LogP contribution in [0.5, 0.6) is 0 Å². The summed E-state index contributed by atoms with van der Waals surface area (Å²) in [5, 5.41) is 0. The van der Waals surface area contributed by atoms with Gasteiger partial charge in [0.2, 0.25) is 0 Å². The lowest BCUT2D eigenvalue weighted by Crippen LogP contribution is -2.41. The van der Waals surface area contributed by atoms with E-state index in [1.165, 1.54) is 13.0 Å². The summed E-state index contributed by atoms with van der Waals surface area (Å²) < 4.78 is 16.1. The molecular weight excluding hydrogens is 248 g/mol. The van der Waals surface area contributed by atoms with Crippen LogP contribution >= 0.6 is 0 Å². The Balaban J connectivity index is 2.28. The molecule has 1 fully saturated rings. The van der Waals surface area contributed by atoms with Crippen LogP contribution in [0.2, 0.25) is 0 Å². The first-order chi connectivity index (χ1) is 8.93. The van der Waals surface area contributed by atoms with E-state index in [4.69, 9.17) is 14.2 Å². The van der Waals surface area contributed by atoms with Gasteiger partial charge in [0.15, 0.2) is 12.2 Å². The largest absolute Gasteiger partial charge is 0.455 e. The molecule has 0 radical (unpaired) electrons. The number of hydrogen-bond acceptors (Lipinski definition) is 5. The van der Waals surface area contributed by atoms with Crippen molar-refractivity contribution >= 4 is 11.9 Å². The summed E-state index contributed by atoms with van der Waals surface area (Å²) in [7, 11) is 0. The topological polar surface area (TPSA) is 61.8 Å².